The number of nitrogens with one attached hydrogen (secondary N) is 3. The highest BCUT2D eigenvalue weighted by Crippen LogP contribution is 2.35. The van der Waals surface area contributed by atoms with Crippen molar-refractivity contribution in [1.29, 1.82) is 0 Å². The van der Waals surface area contributed by atoms with E-state index in [4.69, 9.17) is 14.6 Å². The molecule has 2 aromatic carbocycles. The van der Waals surface area contributed by atoms with Crippen LogP contribution in [0.15, 0.2) is 104 Å². The van der Waals surface area contributed by atoms with E-state index in [1.807, 2.05) is 78.1 Å². The number of alkyl carbamates (subject to hydrolysis) is 1. The van der Waals surface area contributed by atoms with Crippen LogP contribution < -0.4 is 5.32 Å². The van der Waals surface area contributed by atoms with Gasteiger partial charge in [-0.3, -0.25) is 14.6 Å². The standard InChI is InChI=1S/C41H42N10O4/c1-54-41(53)49-36(29-9-3-2-4-10-29)40(52)50-19-6-11-34(50)38-45-26-33(48-38)31-23-43-37(44-24-31)30-15-13-28(14-16-30)32-25-46-39(47-32)35-12-7-20-51(35)55-21-17-27-8-5-18-42-22-27/h2-5,8-10,13-16,18,22-26,34-36H,6-7,11-12,17,19-21H2,1H3,(H,45,48)(H,46,47)(H,49,53)/t34-,35-,36+/m0/s1. The van der Waals surface area contributed by atoms with Gasteiger partial charge < -0.3 is 24.9 Å². The number of methoxy groups -OCH3 is 1. The van der Waals surface area contributed by atoms with Gasteiger partial charge in [0.15, 0.2) is 5.82 Å². The Morgan fingerprint density at radius 1 is 0.782 bits per heavy atom. The summed E-state index contributed by atoms with van der Waals surface area (Å²) >= 11 is 0. The molecule has 2 aliphatic heterocycles. The maximum absolute atomic E-state index is 13.9. The predicted octanol–water partition coefficient (Wildman–Crippen LogP) is 6.39. The number of hydrogen-bond acceptors (Lipinski definition) is 10. The van der Waals surface area contributed by atoms with Crippen molar-refractivity contribution in [3.63, 3.8) is 0 Å². The number of hydroxylamine groups is 2. The molecule has 2 amide bonds. The quantitative estimate of drug-likeness (QED) is 0.128. The van der Waals surface area contributed by atoms with Gasteiger partial charge in [0.1, 0.15) is 17.7 Å². The van der Waals surface area contributed by atoms with E-state index in [0.29, 0.717) is 30.4 Å². The van der Waals surface area contributed by atoms with Gasteiger partial charge in [-0.05, 0) is 54.9 Å². The fraction of sp³-hybridized carbons (Fsp3) is 0.293. The lowest BCUT2D eigenvalue weighted by atomic mass is 10.1. The lowest BCUT2D eigenvalue weighted by Gasteiger charge is -2.28. The Morgan fingerprint density at radius 2 is 1.47 bits per heavy atom. The highest BCUT2D eigenvalue weighted by Gasteiger charge is 2.37. The minimum Gasteiger partial charge on any atom is -0.453 e. The van der Waals surface area contributed by atoms with Crippen LogP contribution in [0.5, 0.6) is 0 Å². The molecule has 2 fully saturated rings. The van der Waals surface area contributed by atoms with E-state index in [1.54, 1.807) is 29.7 Å². The zero-order valence-electron chi connectivity index (χ0n) is 30.5. The second-order valence-corrected chi connectivity index (χ2v) is 13.6. The third-order valence-corrected chi connectivity index (χ3v) is 10.2. The number of rotatable bonds is 12. The number of H-pyrrole nitrogens is 2. The maximum atomic E-state index is 13.9. The summed E-state index contributed by atoms with van der Waals surface area (Å²) in [5.74, 6) is 1.95. The van der Waals surface area contributed by atoms with Gasteiger partial charge in [-0.15, -0.1) is 0 Å². The van der Waals surface area contributed by atoms with E-state index in [-0.39, 0.29) is 18.0 Å². The molecule has 0 saturated carbocycles. The Labute approximate surface area is 318 Å². The van der Waals surface area contributed by atoms with Crippen LogP contribution in [0.3, 0.4) is 0 Å². The molecule has 3 atom stereocenters. The third kappa shape index (κ3) is 8.00. The normalized spacial score (nSPS) is 17.7. The lowest BCUT2D eigenvalue weighted by molar-refractivity contribution is -0.170. The molecule has 55 heavy (non-hydrogen) atoms. The van der Waals surface area contributed by atoms with Gasteiger partial charge in [0.2, 0.25) is 0 Å². The minimum absolute atomic E-state index is 0.0849. The molecule has 2 aliphatic rings. The van der Waals surface area contributed by atoms with E-state index in [2.05, 4.69) is 41.3 Å². The summed E-state index contributed by atoms with van der Waals surface area (Å²) < 4.78 is 4.82. The van der Waals surface area contributed by atoms with Gasteiger partial charge in [0, 0.05) is 49.0 Å². The largest absolute Gasteiger partial charge is 0.453 e. The minimum atomic E-state index is -0.882. The number of pyridine rings is 1. The molecule has 8 rings (SSSR count). The molecule has 3 N–H and O–H groups in total. The first-order valence-corrected chi connectivity index (χ1v) is 18.6. The first-order valence-electron chi connectivity index (χ1n) is 18.6. The van der Waals surface area contributed by atoms with Gasteiger partial charge in [-0.2, -0.15) is 5.06 Å². The molecule has 6 heterocycles. The monoisotopic (exact) mass is 738 g/mol. The molecule has 0 radical (unpaired) electrons. The van der Waals surface area contributed by atoms with Crippen molar-refractivity contribution in [2.45, 2.75) is 50.2 Å². The Balaban J connectivity index is 0.901. The zero-order chi connectivity index (χ0) is 37.6. The summed E-state index contributed by atoms with van der Waals surface area (Å²) in [6.07, 6.45) is 14.5. The zero-order valence-corrected chi connectivity index (χ0v) is 30.5. The van der Waals surface area contributed by atoms with Gasteiger partial charge in [0.25, 0.3) is 5.91 Å². The number of aromatic nitrogens is 7. The number of imidazole rings is 2. The van der Waals surface area contributed by atoms with Crippen LogP contribution in [0.1, 0.15) is 66.6 Å². The molecule has 4 aromatic heterocycles. The van der Waals surface area contributed by atoms with E-state index >= 15 is 0 Å². The summed E-state index contributed by atoms with van der Waals surface area (Å²) in [5, 5.41) is 4.75. The molecule has 0 spiro atoms. The Hall–Kier alpha value is -6.25. The fourth-order valence-electron chi connectivity index (χ4n) is 7.31. The molecule has 6 aromatic rings. The molecular formula is C41H42N10O4. The number of amides is 2. The maximum Gasteiger partial charge on any atom is 0.407 e. The Bertz CT molecular complexity index is 2190. The Kier molecular flexibility index (Phi) is 10.7. The van der Waals surface area contributed by atoms with Crippen LogP contribution in [-0.2, 0) is 20.8 Å². The molecule has 14 nitrogen and oxygen atoms in total. The number of nitrogens with zero attached hydrogens (tertiary/aromatic N) is 7. The summed E-state index contributed by atoms with van der Waals surface area (Å²) in [7, 11) is 1.28. The van der Waals surface area contributed by atoms with Crippen LogP contribution in [0, 0.1) is 0 Å². The summed E-state index contributed by atoms with van der Waals surface area (Å²) in [4.78, 5) is 63.8. The number of ether oxygens (including phenoxy) is 1. The average Bonchev–Trinajstić information content (AvgIpc) is 4.08. The van der Waals surface area contributed by atoms with Crippen molar-refractivity contribution >= 4 is 12.0 Å². The molecule has 2 saturated heterocycles. The Morgan fingerprint density at radius 3 is 2.20 bits per heavy atom. The fourth-order valence-corrected chi connectivity index (χ4v) is 7.31. The van der Waals surface area contributed by atoms with Crippen LogP contribution in [0.2, 0.25) is 0 Å². The van der Waals surface area contributed by atoms with E-state index in [9.17, 15) is 9.59 Å². The molecule has 0 aliphatic carbocycles. The van der Waals surface area contributed by atoms with Crippen molar-refractivity contribution in [3.05, 3.63) is 127 Å². The highest BCUT2D eigenvalue weighted by molar-refractivity contribution is 5.87. The van der Waals surface area contributed by atoms with E-state index < -0.39 is 12.1 Å². The molecule has 14 heteroatoms. The SMILES string of the molecule is COC(=O)N[C@@H](C(=O)N1CCC[C@H]1c1ncc(-c2cnc(-c3ccc(-c4cnc([C@@H]5CCCN5OCCc5cccnc5)[nH]4)cc3)nc2)[nH]1)c1ccccc1. The molecule has 0 unspecified atom stereocenters. The van der Waals surface area contributed by atoms with Crippen LogP contribution in [-0.4, -0.2) is 83.7 Å². The molecule has 0 bridgehead atoms. The van der Waals surface area contributed by atoms with Crippen LogP contribution in [0.4, 0.5) is 4.79 Å². The van der Waals surface area contributed by atoms with Crippen molar-refractivity contribution < 1.29 is 19.2 Å². The summed E-state index contributed by atoms with van der Waals surface area (Å²) in [6.45, 7) is 2.02. The number of hydrogen-bond donors (Lipinski definition) is 3. The molecular weight excluding hydrogens is 697 g/mol. The lowest BCUT2D eigenvalue weighted by Crippen LogP contribution is -2.42. The van der Waals surface area contributed by atoms with Crippen molar-refractivity contribution in [2.24, 2.45) is 0 Å². The smallest absolute Gasteiger partial charge is 0.407 e. The van der Waals surface area contributed by atoms with Crippen molar-refractivity contribution in [3.8, 4) is 33.9 Å². The number of carbonyl (C=O) groups is 2. The third-order valence-electron chi connectivity index (χ3n) is 10.2. The number of aromatic amines is 2. The van der Waals surface area contributed by atoms with Crippen molar-refractivity contribution in [2.75, 3.05) is 26.8 Å². The topological polar surface area (TPSA) is 167 Å². The number of carbonyl (C=O) groups excluding carboxylic acids is 2. The van der Waals surface area contributed by atoms with E-state index in [0.717, 1.165) is 78.1 Å². The van der Waals surface area contributed by atoms with Crippen LogP contribution in [0.25, 0.3) is 33.9 Å². The van der Waals surface area contributed by atoms with Crippen molar-refractivity contribution in [1.82, 2.24) is 50.2 Å². The summed E-state index contributed by atoms with van der Waals surface area (Å²) in [6, 6.07) is 20.2. The van der Waals surface area contributed by atoms with E-state index in [1.165, 1.54) is 7.11 Å². The average molecular weight is 739 g/mol. The van der Waals surface area contributed by atoms with Gasteiger partial charge in [-0.1, -0.05) is 60.7 Å². The first kappa shape index (κ1) is 35.8. The second-order valence-electron chi connectivity index (χ2n) is 13.6. The van der Waals surface area contributed by atoms with Gasteiger partial charge in [0.05, 0.1) is 49.6 Å². The van der Waals surface area contributed by atoms with Gasteiger partial charge >= 0.3 is 6.09 Å². The first-order chi connectivity index (χ1) is 27.0. The van der Waals surface area contributed by atoms with Crippen LogP contribution >= 0.6 is 0 Å². The number of likely N-dealkylation sites (tertiary alicyclic amines) is 1. The predicted molar refractivity (Wildman–Crippen MR) is 204 cm³/mol. The molecule has 280 valence electrons. The summed E-state index contributed by atoms with van der Waals surface area (Å²) in [5.41, 5.74) is 6.20. The number of benzene rings is 2. The van der Waals surface area contributed by atoms with Gasteiger partial charge in [-0.25, -0.2) is 24.7 Å². The highest BCUT2D eigenvalue weighted by atomic mass is 16.7. The second kappa shape index (κ2) is 16.4.